The SMILES string of the molecule is CCC/C=C\C/C=C\C/C=C\CCCCCCCC(CCCCCCC/C=C\C/C=C\C/C=C\CCC)OC(=O)CCCN(C)C. The number of carbonyl (C=O) groups is 1. The van der Waals surface area contributed by atoms with Crippen LogP contribution in [-0.4, -0.2) is 37.6 Å². The van der Waals surface area contributed by atoms with E-state index in [1.54, 1.807) is 0 Å². The maximum atomic E-state index is 12.5. The van der Waals surface area contributed by atoms with Gasteiger partial charge in [-0.05, 0) is 117 Å². The maximum absolute atomic E-state index is 12.5. The van der Waals surface area contributed by atoms with E-state index < -0.39 is 0 Å². The Balaban J connectivity index is 4.08. The van der Waals surface area contributed by atoms with Gasteiger partial charge in [0, 0.05) is 6.42 Å². The lowest BCUT2D eigenvalue weighted by molar-refractivity contribution is -0.150. The lowest BCUT2D eigenvalue weighted by Crippen LogP contribution is -2.20. The van der Waals surface area contributed by atoms with Gasteiger partial charge in [0.25, 0.3) is 0 Å². The highest BCUT2D eigenvalue weighted by Gasteiger charge is 2.14. The predicted molar refractivity (Wildman–Crippen MR) is 205 cm³/mol. The molecule has 0 aromatic rings. The topological polar surface area (TPSA) is 29.5 Å². The molecule has 0 fully saturated rings. The third kappa shape index (κ3) is 36.3. The van der Waals surface area contributed by atoms with Crippen molar-refractivity contribution in [2.75, 3.05) is 20.6 Å². The molecule has 0 saturated heterocycles. The highest BCUT2D eigenvalue weighted by Crippen LogP contribution is 2.18. The highest BCUT2D eigenvalue weighted by molar-refractivity contribution is 5.69. The molecule has 3 heteroatoms. The summed E-state index contributed by atoms with van der Waals surface area (Å²) in [5, 5.41) is 0. The number of ether oxygens (including phenoxy) is 1. The Hall–Kier alpha value is -2.13. The molecule has 46 heavy (non-hydrogen) atoms. The molecule has 0 aromatic heterocycles. The lowest BCUT2D eigenvalue weighted by atomic mass is 10.0. The Kier molecular flexibility index (Phi) is 35.6. The molecule has 264 valence electrons. The molecule has 0 amide bonds. The van der Waals surface area contributed by atoms with Crippen LogP contribution in [0.4, 0.5) is 0 Å². The highest BCUT2D eigenvalue weighted by atomic mass is 16.5. The Morgan fingerprint density at radius 1 is 0.500 bits per heavy atom. The number of rotatable bonds is 33. The van der Waals surface area contributed by atoms with Crippen molar-refractivity contribution in [1.29, 1.82) is 0 Å². The van der Waals surface area contributed by atoms with E-state index in [2.05, 4.69) is 106 Å². The Morgan fingerprint density at radius 2 is 0.870 bits per heavy atom. The van der Waals surface area contributed by atoms with Crippen molar-refractivity contribution in [2.24, 2.45) is 0 Å². The van der Waals surface area contributed by atoms with Gasteiger partial charge in [-0.1, -0.05) is 138 Å². The van der Waals surface area contributed by atoms with Gasteiger partial charge in [-0.25, -0.2) is 0 Å². The van der Waals surface area contributed by atoms with Crippen LogP contribution in [0.3, 0.4) is 0 Å². The largest absolute Gasteiger partial charge is 0.462 e. The van der Waals surface area contributed by atoms with Crippen molar-refractivity contribution >= 4 is 5.97 Å². The third-order valence-electron chi connectivity index (χ3n) is 8.08. The quantitative estimate of drug-likeness (QED) is 0.0407. The third-order valence-corrected chi connectivity index (χ3v) is 8.08. The number of hydrogen-bond donors (Lipinski definition) is 0. The van der Waals surface area contributed by atoms with Crippen molar-refractivity contribution in [2.45, 2.75) is 174 Å². The van der Waals surface area contributed by atoms with Crippen molar-refractivity contribution in [3.05, 3.63) is 72.9 Å². The smallest absolute Gasteiger partial charge is 0.306 e. The number of nitrogens with zero attached hydrogens (tertiary/aromatic N) is 1. The molecule has 0 radical (unpaired) electrons. The second-order valence-electron chi connectivity index (χ2n) is 13.1. The molecule has 0 unspecified atom stereocenters. The molecular weight excluding hydrogens is 562 g/mol. The lowest BCUT2D eigenvalue weighted by Gasteiger charge is -2.18. The second kappa shape index (κ2) is 37.3. The first kappa shape index (κ1) is 43.9. The predicted octanol–water partition coefficient (Wildman–Crippen LogP) is 13.2. The van der Waals surface area contributed by atoms with Crippen LogP contribution in [0.2, 0.25) is 0 Å². The fourth-order valence-corrected chi connectivity index (χ4v) is 5.26. The number of allylic oxidation sites excluding steroid dienone is 12. The molecule has 0 aliphatic rings. The summed E-state index contributed by atoms with van der Waals surface area (Å²) in [5.74, 6) is -0.00368. The van der Waals surface area contributed by atoms with E-state index in [1.807, 2.05) is 0 Å². The summed E-state index contributed by atoms with van der Waals surface area (Å²) in [6, 6.07) is 0. The van der Waals surface area contributed by atoms with Gasteiger partial charge >= 0.3 is 5.97 Å². The number of esters is 1. The molecular formula is C43H75NO2. The summed E-state index contributed by atoms with van der Waals surface area (Å²) in [4.78, 5) is 14.6. The minimum Gasteiger partial charge on any atom is -0.462 e. The van der Waals surface area contributed by atoms with E-state index in [1.165, 1.54) is 103 Å². The standard InChI is InChI=1S/C43H75NO2/c1-5-7-9-11-13-15-17-19-21-23-25-27-29-31-33-35-38-42(46-43(45)40-37-41-44(3)4)39-36-34-32-30-28-26-24-22-20-18-16-14-12-10-8-6-2/h9-12,15-18,21-24,42H,5-8,13-14,19-20,25-41H2,1-4H3/b11-9-,12-10-,17-15-,18-16-,23-21-,24-22-. The monoisotopic (exact) mass is 638 g/mol. The molecule has 0 N–H and O–H groups in total. The molecule has 0 spiro atoms. The zero-order valence-corrected chi connectivity index (χ0v) is 30.9. The summed E-state index contributed by atoms with van der Waals surface area (Å²) in [5.41, 5.74) is 0. The van der Waals surface area contributed by atoms with E-state index in [4.69, 9.17) is 4.74 Å². The molecule has 0 heterocycles. The minimum absolute atomic E-state index is 0.00368. The molecule has 0 aliphatic heterocycles. The van der Waals surface area contributed by atoms with E-state index >= 15 is 0 Å². The number of hydrogen-bond acceptors (Lipinski definition) is 3. The van der Waals surface area contributed by atoms with E-state index in [9.17, 15) is 4.79 Å². The van der Waals surface area contributed by atoms with Gasteiger partial charge in [0.05, 0.1) is 0 Å². The van der Waals surface area contributed by atoms with Gasteiger partial charge in [-0.2, -0.15) is 0 Å². The molecule has 0 atom stereocenters. The van der Waals surface area contributed by atoms with Gasteiger partial charge in [-0.3, -0.25) is 4.79 Å². The average Bonchev–Trinajstić information content (AvgIpc) is 3.04. The average molecular weight is 638 g/mol. The molecule has 0 aliphatic carbocycles. The maximum Gasteiger partial charge on any atom is 0.306 e. The summed E-state index contributed by atoms with van der Waals surface area (Å²) in [6.45, 7) is 5.37. The molecule has 0 bridgehead atoms. The van der Waals surface area contributed by atoms with Gasteiger partial charge in [-0.15, -0.1) is 0 Å². The van der Waals surface area contributed by atoms with E-state index in [-0.39, 0.29) is 12.1 Å². The van der Waals surface area contributed by atoms with Crippen LogP contribution in [-0.2, 0) is 9.53 Å². The van der Waals surface area contributed by atoms with Gasteiger partial charge in [0.1, 0.15) is 6.10 Å². The summed E-state index contributed by atoms with van der Waals surface area (Å²) < 4.78 is 5.99. The minimum atomic E-state index is -0.00368. The molecule has 3 nitrogen and oxygen atoms in total. The first-order valence-electron chi connectivity index (χ1n) is 19.3. The summed E-state index contributed by atoms with van der Waals surface area (Å²) in [7, 11) is 4.11. The van der Waals surface area contributed by atoms with Crippen molar-refractivity contribution in [3.63, 3.8) is 0 Å². The molecule has 0 saturated carbocycles. The van der Waals surface area contributed by atoms with Gasteiger partial charge in [0.2, 0.25) is 0 Å². The van der Waals surface area contributed by atoms with Crippen LogP contribution in [0, 0.1) is 0 Å². The zero-order valence-electron chi connectivity index (χ0n) is 30.9. The Labute approximate surface area is 287 Å². The summed E-state index contributed by atoms with van der Waals surface area (Å²) in [6.07, 6.45) is 54.9. The van der Waals surface area contributed by atoms with Crippen molar-refractivity contribution < 1.29 is 9.53 Å². The fraction of sp³-hybridized carbons (Fsp3) is 0.698. The van der Waals surface area contributed by atoms with Gasteiger partial charge in [0.15, 0.2) is 0 Å². The fourth-order valence-electron chi connectivity index (χ4n) is 5.26. The summed E-state index contributed by atoms with van der Waals surface area (Å²) >= 11 is 0. The van der Waals surface area contributed by atoms with Crippen molar-refractivity contribution in [1.82, 2.24) is 4.90 Å². The first-order chi connectivity index (χ1) is 22.6. The van der Waals surface area contributed by atoms with Crippen LogP contribution in [0.5, 0.6) is 0 Å². The molecule has 0 rings (SSSR count). The Morgan fingerprint density at radius 3 is 1.28 bits per heavy atom. The zero-order chi connectivity index (χ0) is 33.6. The van der Waals surface area contributed by atoms with Crippen LogP contribution in [0.15, 0.2) is 72.9 Å². The first-order valence-corrected chi connectivity index (χ1v) is 19.3. The van der Waals surface area contributed by atoms with E-state index in [0.717, 1.165) is 51.5 Å². The van der Waals surface area contributed by atoms with Crippen LogP contribution in [0.25, 0.3) is 0 Å². The Bertz CT molecular complexity index is 763. The van der Waals surface area contributed by atoms with Crippen LogP contribution < -0.4 is 0 Å². The number of carbonyl (C=O) groups excluding carboxylic acids is 1. The van der Waals surface area contributed by atoms with E-state index in [0.29, 0.717) is 6.42 Å². The normalized spacial score (nSPS) is 12.7. The molecule has 0 aromatic carbocycles. The number of unbranched alkanes of at least 4 members (excludes halogenated alkanes) is 12. The van der Waals surface area contributed by atoms with Gasteiger partial charge < -0.3 is 9.64 Å². The van der Waals surface area contributed by atoms with Crippen molar-refractivity contribution in [3.8, 4) is 0 Å². The van der Waals surface area contributed by atoms with Crippen LogP contribution in [0.1, 0.15) is 168 Å². The van der Waals surface area contributed by atoms with Crippen LogP contribution >= 0.6 is 0 Å². The second-order valence-corrected chi connectivity index (χ2v) is 13.1.